The van der Waals surface area contributed by atoms with Gasteiger partial charge in [0.25, 0.3) is 0 Å². The maximum atomic E-state index is 10.4. The zero-order valence-corrected chi connectivity index (χ0v) is 25.7. The van der Waals surface area contributed by atoms with E-state index in [0.717, 1.165) is 34.0 Å². The number of aromatic nitrogens is 2. The molecule has 0 saturated heterocycles. The second kappa shape index (κ2) is 12.5. The topological polar surface area (TPSA) is 49.2 Å². The van der Waals surface area contributed by atoms with Gasteiger partial charge in [0.05, 0.1) is 5.69 Å². The summed E-state index contributed by atoms with van der Waals surface area (Å²) in [5, 5.41) is 10.4. The molecule has 0 saturated carbocycles. The first kappa shape index (κ1) is 29.0. The van der Waals surface area contributed by atoms with E-state index < -0.39 is 0 Å². The third-order valence-electron chi connectivity index (χ3n) is 7.43. The summed E-state index contributed by atoms with van der Waals surface area (Å²) in [5.74, 6) is 1.00. The molecule has 0 amide bonds. The molecule has 0 fully saturated rings. The standard InChI is InChI=1S/C37H30N3O.Pt/c1-37(2,28-14-5-3-6-15-28)29-23-24-36(38-26-29)40(30-16-7-4-8-17-30)31-18-11-13-27(25-31)33-20-12-21-34(39-33)32-19-9-10-22-35(32)41;/h3-24,26,41H,1-2H3;/q-1;. The van der Waals surface area contributed by atoms with Crippen molar-refractivity contribution in [2.24, 2.45) is 0 Å². The first-order chi connectivity index (χ1) is 20.0. The van der Waals surface area contributed by atoms with Crippen LogP contribution in [0.3, 0.4) is 0 Å². The molecule has 0 spiro atoms. The van der Waals surface area contributed by atoms with Crippen LogP contribution in [0.15, 0.2) is 140 Å². The fourth-order valence-corrected chi connectivity index (χ4v) is 5.04. The molecule has 0 aliphatic rings. The summed E-state index contributed by atoms with van der Waals surface area (Å²) in [6.07, 6.45) is 1.97. The molecule has 0 unspecified atom stereocenters. The van der Waals surface area contributed by atoms with Crippen LogP contribution in [0, 0.1) is 6.07 Å². The summed E-state index contributed by atoms with van der Waals surface area (Å²) in [6.45, 7) is 4.45. The maximum absolute atomic E-state index is 10.4. The third kappa shape index (κ3) is 5.91. The molecule has 0 aliphatic heterocycles. The Kier molecular flexibility index (Phi) is 8.66. The van der Waals surface area contributed by atoms with Crippen LogP contribution in [0.2, 0.25) is 0 Å². The van der Waals surface area contributed by atoms with E-state index in [1.165, 1.54) is 5.56 Å². The number of pyridine rings is 2. The van der Waals surface area contributed by atoms with Crippen LogP contribution in [-0.4, -0.2) is 15.1 Å². The molecule has 2 heterocycles. The minimum Gasteiger partial charge on any atom is -0.507 e. The number of hydrogen-bond donors (Lipinski definition) is 1. The Balaban J connectivity index is 0.00000353. The number of hydrogen-bond acceptors (Lipinski definition) is 4. The average molecular weight is 728 g/mol. The Hall–Kier alpha value is -4.53. The quantitative estimate of drug-likeness (QED) is 0.167. The molecular weight excluding hydrogens is 698 g/mol. The summed E-state index contributed by atoms with van der Waals surface area (Å²) in [6, 6.07) is 47.6. The van der Waals surface area contributed by atoms with Crippen molar-refractivity contribution in [2.45, 2.75) is 19.3 Å². The minimum atomic E-state index is -0.180. The van der Waals surface area contributed by atoms with Crippen molar-refractivity contribution in [3.63, 3.8) is 0 Å². The first-order valence-corrected chi connectivity index (χ1v) is 13.7. The van der Waals surface area contributed by atoms with Crippen LogP contribution in [0.4, 0.5) is 17.2 Å². The Labute approximate surface area is 261 Å². The number of anilines is 3. The fourth-order valence-electron chi connectivity index (χ4n) is 5.04. The molecule has 4 aromatic carbocycles. The van der Waals surface area contributed by atoms with Gasteiger partial charge < -0.3 is 10.0 Å². The van der Waals surface area contributed by atoms with Crippen molar-refractivity contribution in [3.8, 4) is 28.3 Å². The zero-order valence-electron chi connectivity index (χ0n) is 23.4. The summed E-state index contributed by atoms with van der Waals surface area (Å²) >= 11 is 0. The second-order valence-corrected chi connectivity index (χ2v) is 10.4. The third-order valence-corrected chi connectivity index (χ3v) is 7.43. The number of para-hydroxylation sites is 2. The SMILES string of the molecule is CC(C)(c1ccccc1)c1ccc(N(c2[c-]c(-c3cccc(-c4ccccc4O)n3)ccc2)c2ccccc2)nc1.[Pt]. The molecule has 5 heteroatoms. The van der Waals surface area contributed by atoms with E-state index >= 15 is 0 Å². The summed E-state index contributed by atoms with van der Waals surface area (Å²) in [5.41, 5.74) is 7.07. The number of aromatic hydroxyl groups is 1. The van der Waals surface area contributed by atoms with E-state index in [-0.39, 0.29) is 32.2 Å². The Morgan fingerprint density at radius 3 is 2.02 bits per heavy atom. The van der Waals surface area contributed by atoms with Crippen molar-refractivity contribution >= 4 is 17.2 Å². The van der Waals surface area contributed by atoms with E-state index in [9.17, 15) is 5.11 Å². The molecule has 2 aromatic heterocycles. The smallest absolute Gasteiger partial charge is 0.136 e. The van der Waals surface area contributed by atoms with E-state index in [4.69, 9.17) is 9.97 Å². The van der Waals surface area contributed by atoms with Crippen molar-refractivity contribution in [1.29, 1.82) is 0 Å². The largest absolute Gasteiger partial charge is 0.507 e. The van der Waals surface area contributed by atoms with Crippen molar-refractivity contribution in [2.75, 3.05) is 4.90 Å². The second-order valence-electron chi connectivity index (χ2n) is 10.4. The van der Waals surface area contributed by atoms with Gasteiger partial charge in [0, 0.05) is 43.9 Å². The molecule has 0 bridgehead atoms. The van der Waals surface area contributed by atoms with Gasteiger partial charge in [-0.15, -0.1) is 29.8 Å². The van der Waals surface area contributed by atoms with Crippen LogP contribution in [0.5, 0.6) is 5.75 Å². The van der Waals surface area contributed by atoms with Crippen LogP contribution in [0.1, 0.15) is 25.0 Å². The summed E-state index contributed by atoms with van der Waals surface area (Å²) in [7, 11) is 0. The molecule has 6 aromatic rings. The molecule has 0 atom stereocenters. The molecule has 42 heavy (non-hydrogen) atoms. The van der Waals surface area contributed by atoms with Crippen molar-refractivity contribution in [3.05, 3.63) is 157 Å². The van der Waals surface area contributed by atoms with E-state index in [1.807, 2.05) is 79.0 Å². The molecule has 210 valence electrons. The van der Waals surface area contributed by atoms with Crippen molar-refractivity contribution < 1.29 is 26.2 Å². The normalized spacial score (nSPS) is 11.0. The predicted octanol–water partition coefficient (Wildman–Crippen LogP) is 9.11. The first-order valence-electron chi connectivity index (χ1n) is 13.7. The van der Waals surface area contributed by atoms with Crippen LogP contribution in [0.25, 0.3) is 22.5 Å². The monoisotopic (exact) mass is 727 g/mol. The minimum absolute atomic E-state index is 0. The molecule has 0 radical (unpaired) electrons. The van der Waals surface area contributed by atoms with E-state index in [2.05, 4.69) is 73.3 Å². The van der Waals surface area contributed by atoms with Gasteiger partial charge in [-0.05, 0) is 58.9 Å². The van der Waals surface area contributed by atoms with Crippen LogP contribution >= 0.6 is 0 Å². The van der Waals surface area contributed by atoms with Gasteiger partial charge >= 0.3 is 0 Å². The zero-order chi connectivity index (χ0) is 28.2. The van der Waals surface area contributed by atoms with Crippen LogP contribution in [-0.2, 0) is 26.5 Å². The van der Waals surface area contributed by atoms with Crippen LogP contribution < -0.4 is 4.90 Å². The number of phenols is 1. The van der Waals surface area contributed by atoms with Gasteiger partial charge in [0.2, 0.25) is 0 Å². The molecule has 6 rings (SSSR count). The van der Waals surface area contributed by atoms with Gasteiger partial charge in [0.15, 0.2) is 0 Å². The van der Waals surface area contributed by atoms with Gasteiger partial charge in [0.1, 0.15) is 11.6 Å². The van der Waals surface area contributed by atoms with Gasteiger partial charge in [-0.1, -0.05) is 92.7 Å². The maximum Gasteiger partial charge on any atom is 0.136 e. The summed E-state index contributed by atoms with van der Waals surface area (Å²) < 4.78 is 0. The van der Waals surface area contributed by atoms with Gasteiger partial charge in [-0.2, -0.15) is 0 Å². The number of phenolic OH excluding ortho intramolecular Hbond substituents is 1. The molecule has 0 aliphatic carbocycles. The summed E-state index contributed by atoms with van der Waals surface area (Å²) in [4.78, 5) is 11.9. The molecule has 1 N–H and O–H groups in total. The number of rotatable bonds is 7. The average Bonchev–Trinajstić information content (AvgIpc) is 3.03. The number of nitrogens with zero attached hydrogens (tertiary/aromatic N) is 3. The van der Waals surface area contributed by atoms with Gasteiger partial charge in [-0.3, -0.25) is 4.98 Å². The fraction of sp³-hybridized carbons (Fsp3) is 0.0811. The Morgan fingerprint density at radius 1 is 0.643 bits per heavy atom. The predicted molar refractivity (Wildman–Crippen MR) is 167 cm³/mol. The van der Waals surface area contributed by atoms with E-state index in [0.29, 0.717) is 11.3 Å². The van der Waals surface area contributed by atoms with Crippen molar-refractivity contribution in [1.82, 2.24) is 9.97 Å². The Bertz CT molecular complexity index is 1770. The molecular formula is C37H30N3OPt-. The molecule has 4 nitrogen and oxygen atoms in total. The Morgan fingerprint density at radius 2 is 1.31 bits per heavy atom. The van der Waals surface area contributed by atoms with Gasteiger partial charge in [-0.25, -0.2) is 4.98 Å². The number of benzene rings is 4. The van der Waals surface area contributed by atoms with E-state index in [1.54, 1.807) is 12.1 Å².